The van der Waals surface area contributed by atoms with Gasteiger partial charge in [0, 0.05) is 15.6 Å². The van der Waals surface area contributed by atoms with Crippen molar-refractivity contribution in [2.24, 2.45) is 0 Å². The lowest BCUT2D eigenvalue weighted by Crippen LogP contribution is -2.59. The molecule has 2 unspecified atom stereocenters. The highest BCUT2D eigenvalue weighted by atomic mass is 79.9. The van der Waals surface area contributed by atoms with Gasteiger partial charge in [0.25, 0.3) is 5.84 Å². The predicted molar refractivity (Wildman–Crippen MR) is 181 cm³/mol. The molecule has 6 nitrogen and oxygen atoms in total. The molecule has 0 N–H and O–H groups in total. The molecule has 0 radical (unpaired) electrons. The Morgan fingerprint density at radius 2 is 1.43 bits per heavy atom. The van der Waals surface area contributed by atoms with Crippen LogP contribution in [-0.2, 0) is 23.4 Å². The van der Waals surface area contributed by atoms with E-state index in [2.05, 4.69) is 20.5 Å². The van der Waals surface area contributed by atoms with E-state index in [1.807, 2.05) is 139 Å². The van der Waals surface area contributed by atoms with E-state index in [9.17, 15) is 9.90 Å². The van der Waals surface area contributed by atoms with Gasteiger partial charge in [0.2, 0.25) is 5.54 Å². The zero-order valence-electron chi connectivity index (χ0n) is 26.0. The van der Waals surface area contributed by atoms with E-state index < -0.39 is 17.6 Å². The smallest absolute Gasteiger partial charge is 0.281 e. The first kappa shape index (κ1) is 31.1. The number of aryl methyl sites for hydroxylation is 1. The van der Waals surface area contributed by atoms with Gasteiger partial charge in [-0.25, -0.2) is 9.48 Å². The molecule has 46 heavy (non-hydrogen) atoms. The summed E-state index contributed by atoms with van der Waals surface area (Å²) in [4.78, 5) is 16.2. The van der Waals surface area contributed by atoms with Crippen molar-refractivity contribution in [1.82, 2.24) is 4.90 Å². The Morgan fingerprint density at radius 1 is 0.804 bits per heavy atom. The van der Waals surface area contributed by atoms with Gasteiger partial charge in [-0.2, -0.15) is 0 Å². The van der Waals surface area contributed by atoms with Crippen LogP contribution in [0.2, 0.25) is 0 Å². The maximum Gasteiger partial charge on any atom is 0.281 e. The molecule has 0 amide bonds. The van der Waals surface area contributed by atoms with Crippen LogP contribution < -0.4 is 14.6 Å². The largest absolute Gasteiger partial charge is 0.545 e. The van der Waals surface area contributed by atoms with Gasteiger partial charge in [0.15, 0.2) is 6.04 Å². The molecule has 7 heteroatoms. The minimum atomic E-state index is -1.62. The van der Waals surface area contributed by atoms with Crippen LogP contribution in [-0.4, -0.2) is 35.5 Å². The van der Waals surface area contributed by atoms with Crippen LogP contribution in [0.1, 0.15) is 39.4 Å². The lowest BCUT2D eigenvalue weighted by molar-refractivity contribution is -0.587. The van der Waals surface area contributed by atoms with Crippen LogP contribution in [0.4, 0.5) is 0 Å². The van der Waals surface area contributed by atoms with E-state index in [0.717, 1.165) is 43.9 Å². The number of carbonyl (C=O) groups is 1. The Bertz CT molecular complexity index is 1860. The van der Waals surface area contributed by atoms with Crippen molar-refractivity contribution in [1.29, 1.82) is 0 Å². The van der Waals surface area contributed by atoms with Crippen LogP contribution >= 0.6 is 15.9 Å². The molecular formula is C39H35BrN2O4. The van der Waals surface area contributed by atoms with E-state index in [0.29, 0.717) is 24.4 Å². The minimum absolute atomic E-state index is 0.327. The number of nitrogens with zero attached hydrogens (tertiary/aromatic N) is 2. The van der Waals surface area contributed by atoms with Crippen molar-refractivity contribution in [2.45, 2.75) is 31.6 Å². The predicted octanol–water partition coefficient (Wildman–Crippen LogP) is 6.64. The number of carboxylic acids is 1. The van der Waals surface area contributed by atoms with Gasteiger partial charge in [-0.05, 0) is 66.6 Å². The Labute approximate surface area is 278 Å². The molecule has 0 aromatic heterocycles. The Morgan fingerprint density at radius 3 is 2.02 bits per heavy atom. The third-order valence-electron chi connectivity index (χ3n) is 8.67. The van der Waals surface area contributed by atoms with Gasteiger partial charge in [0.05, 0.1) is 25.8 Å². The topological polar surface area (TPSA) is 64.8 Å². The first-order valence-electron chi connectivity index (χ1n) is 15.1. The zero-order valence-corrected chi connectivity index (χ0v) is 27.6. The highest BCUT2D eigenvalue weighted by Crippen LogP contribution is 2.50. The molecule has 0 spiro atoms. The molecule has 0 fully saturated rings. The van der Waals surface area contributed by atoms with Gasteiger partial charge in [0.1, 0.15) is 24.6 Å². The normalized spacial score (nSPS) is 17.7. The van der Waals surface area contributed by atoms with E-state index in [1.54, 1.807) is 14.2 Å². The number of hydrogen-bond donors (Lipinski definition) is 0. The first-order valence-corrected chi connectivity index (χ1v) is 15.9. The maximum absolute atomic E-state index is 14.2. The standard InChI is InChI=1S/C39H35BrN2O4/c1-27-12-18-32(19-13-27)39(38(43)44)36(31-10-7-11-33(40)24-31)41(25-29-14-20-34(45-2)21-15-29)37(30-16-22-35(46-3)23-17-30)42(39)26-28-8-5-4-6-9-28/h4-24,36H,25-26H2,1-3H3. The summed E-state index contributed by atoms with van der Waals surface area (Å²) < 4.78 is 14.0. The summed E-state index contributed by atoms with van der Waals surface area (Å²) in [5.74, 6) is 1.06. The van der Waals surface area contributed by atoms with E-state index >= 15 is 0 Å². The van der Waals surface area contributed by atoms with Gasteiger partial charge in [-0.3, -0.25) is 0 Å². The van der Waals surface area contributed by atoms with Crippen molar-refractivity contribution in [2.75, 3.05) is 14.2 Å². The lowest BCUT2D eigenvalue weighted by atomic mass is 9.78. The van der Waals surface area contributed by atoms with E-state index in [4.69, 9.17) is 9.47 Å². The molecule has 0 saturated carbocycles. The minimum Gasteiger partial charge on any atom is -0.545 e. The molecule has 0 saturated heterocycles. The molecule has 5 aromatic carbocycles. The average molecular weight is 676 g/mol. The SMILES string of the molecule is COc1ccc(C[N+]2=C(c3ccc(OC)cc3)N(Cc3ccccc3)C(C(=O)[O-])(c3ccc(C)cc3)C2c2cccc(Br)c2)cc1. The van der Waals surface area contributed by atoms with Crippen molar-refractivity contribution >= 4 is 27.7 Å². The zero-order chi connectivity index (χ0) is 32.3. The van der Waals surface area contributed by atoms with Crippen LogP contribution in [0.15, 0.2) is 132 Å². The number of halogens is 1. The fraction of sp³-hybridized carbons (Fsp3) is 0.179. The number of hydrogen-bond acceptors (Lipinski definition) is 5. The number of methoxy groups -OCH3 is 2. The average Bonchev–Trinajstić information content (AvgIpc) is 3.36. The number of benzene rings is 5. The summed E-state index contributed by atoms with van der Waals surface area (Å²) in [6.07, 6.45) is 0. The summed E-state index contributed by atoms with van der Waals surface area (Å²) in [7, 11) is 3.28. The van der Waals surface area contributed by atoms with Gasteiger partial charge < -0.3 is 19.4 Å². The molecule has 1 heterocycles. The number of carboxylic acid groups (broad SMARTS) is 1. The van der Waals surface area contributed by atoms with Crippen molar-refractivity contribution in [3.05, 3.63) is 165 Å². The molecule has 1 aliphatic rings. The third kappa shape index (κ3) is 5.79. The van der Waals surface area contributed by atoms with Gasteiger partial charge in [-0.1, -0.05) is 100 Å². The highest BCUT2D eigenvalue weighted by Gasteiger charge is 2.63. The number of ether oxygens (including phenoxy) is 2. The van der Waals surface area contributed by atoms with Crippen LogP contribution in [0, 0.1) is 6.92 Å². The van der Waals surface area contributed by atoms with Crippen LogP contribution in [0.3, 0.4) is 0 Å². The van der Waals surface area contributed by atoms with Crippen LogP contribution in [0.25, 0.3) is 0 Å². The molecular weight excluding hydrogens is 640 g/mol. The van der Waals surface area contributed by atoms with Crippen molar-refractivity contribution < 1.29 is 24.0 Å². The molecule has 6 rings (SSSR count). The van der Waals surface area contributed by atoms with Gasteiger partial charge in [-0.15, -0.1) is 0 Å². The second-order valence-corrected chi connectivity index (χ2v) is 12.4. The molecule has 2 atom stereocenters. The van der Waals surface area contributed by atoms with E-state index in [1.165, 1.54) is 0 Å². The Balaban J connectivity index is 1.71. The Kier molecular flexibility index (Phi) is 8.95. The maximum atomic E-state index is 14.2. The molecule has 0 bridgehead atoms. The fourth-order valence-corrected chi connectivity index (χ4v) is 6.91. The number of rotatable bonds is 10. The third-order valence-corrected chi connectivity index (χ3v) is 9.17. The van der Waals surface area contributed by atoms with Crippen molar-refractivity contribution in [3.63, 3.8) is 0 Å². The monoisotopic (exact) mass is 674 g/mol. The summed E-state index contributed by atoms with van der Waals surface area (Å²) in [6.45, 7) is 2.75. The fourth-order valence-electron chi connectivity index (χ4n) is 6.50. The second kappa shape index (κ2) is 13.2. The number of aliphatic carboxylic acids is 1. The van der Waals surface area contributed by atoms with Crippen LogP contribution in [0.5, 0.6) is 11.5 Å². The molecule has 5 aromatic rings. The first-order chi connectivity index (χ1) is 22.3. The Hall–Kier alpha value is -4.88. The number of amidine groups is 1. The summed E-state index contributed by atoms with van der Waals surface area (Å²) in [5.41, 5.74) is 3.75. The van der Waals surface area contributed by atoms with E-state index in [-0.39, 0.29) is 0 Å². The van der Waals surface area contributed by atoms with Crippen molar-refractivity contribution in [3.8, 4) is 11.5 Å². The highest BCUT2D eigenvalue weighted by molar-refractivity contribution is 9.10. The quantitative estimate of drug-likeness (QED) is 0.156. The molecule has 0 aliphatic carbocycles. The summed E-state index contributed by atoms with van der Waals surface area (Å²) in [5, 5.41) is 14.2. The molecule has 232 valence electrons. The second-order valence-electron chi connectivity index (χ2n) is 11.5. The van der Waals surface area contributed by atoms with Gasteiger partial charge >= 0.3 is 0 Å². The molecule has 1 aliphatic heterocycles. The number of carbonyl (C=O) groups excluding carboxylic acids is 1. The summed E-state index contributed by atoms with van der Waals surface area (Å²) in [6, 6.07) is 40.7. The summed E-state index contributed by atoms with van der Waals surface area (Å²) >= 11 is 3.67. The lowest BCUT2D eigenvalue weighted by Gasteiger charge is -2.39.